The predicted molar refractivity (Wildman–Crippen MR) is 167 cm³/mol. The number of carbonyl (C=O) groups is 4. The van der Waals surface area contributed by atoms with Gasteiger partial charge in [-0.1, -0.05) is 78.9 Å². The van der Waals surface area contributed by atoms with Gasteiger partial charge in [0.25, 0.3) is 0 Å². The minimum absolute atomic E-state index is 0.0161. The summed E-state index contributed by atoms with van der Waals surface area (Å²) in [5, 5.41) is 0. The van der Waals surface area contributed by atoms with Gasteiger partial charge in [-0.25, -0.2) is 4.79 Å². The van der Waals surface area contributed by atoms with Gasteiger partial charge < -0.3 is 9.47 Å². The molecule has 226 valence electrons. The molecule has 4 aliphatic rings. The molecule has 4 aromatic rings. The van der Waals surface area contributed by atoms with E-state index in [0.29, 0.717) is 39.1 Å². The molecule has 1 saturated heterocycles. The number of benzene rings is 4. The molecule has 0 radical (unpaired) electrons. The standard InChI is InChI=1S/C36H27Cl2NO6/c1-44-23-17-15-22(16-18-23)29(40)20-45-34(43)28(19-21-9-3-2-4-10-21)39-32(41)30-31(33(39)42)36(38)25-12-6-5-11-24(25)35(30,37)26-13-7-8-14-27(26)36/h2-18,28,30-31H,19-20H2,1H3/t28-,30-,31+,35?,36?/m0/s1. The molecule has 3 aliphatic carbocycles. The Kier molecular flexibility index (Phi) is 7.06. The second-order valence-electron chi connectivity index (χ2n) is 11.5. The third-order valence-electron chi connectivity index (χ3n) is 9.23. The quantitative estimate of drug-likeness (QED) is 0.108. The van der Waals surface area contributed by atoms with Crippen LogP contribution in [0.5, 0.6) is 5.75 Å². The summed E-state index contributed by atoms with van der Waals surface area (Å²) in [6, 6.07) is 28.7. The van der Waals surface area contributed by atoms with E-state index >= 15 is 0 Å². The lowest BCUT2D eigenvalue weighted by molar-refractivity contribution is -0.158. The number of imide groups is 1. The second kappa shape index (κ2) is 10.9. The molecule has 0 saturated carbocycles. The van der Waals surface area contributed by atoms with Crippen LogP contribution in [-0.4, -0.2) is 48.2 Å². The van der Waals surface area contributed by atoms with Crippen LogP contribution in [-0.2, 0) is 35.3 Å². The van der Waals surface area contributed by atoms with Crippen LogP contribution in [0.25, 0.3) is 0 Å². The zero-order chi connectivity index (χ0) is 31.5. The summed E-state index contributed by atoms with van der Waals surface area (Å²) in [4.78, 5) is 54.0. The maximum absolute atomic E-state index is 14.5. The van der Waals surface area contributed by atoms with Gasteiger partial charge in [0.15, 0.2) is 12.4 Å². The number of methoxy groups -OCH3 is 1. The fourth-order valence-electron chi connectivity index (χ4n) is 7.21. The van der Waals surface area contributed by atoms with E-state index in [-0.39, 0.29) is 6.42 Å². The zero-order valence-electron chi connectivity index (χ0n) is 24.1. The van der Waals surface area contributed by atoms with Crippen molar-refractivity contribution in [2.45, 2.75) is 22.2 Å². The lowest BCUT2D eigenvalue weighted by Crippen LogP contribution is -2.57. The van der Waals surface area contributed by atoms with Gasteiger partial charge in [-0.3, -0.25) is 19.3 Å². The van der Waals surface area contributed by atoms with Crippen LogP contribution >= 0.6 is 23.2 Å². The lowest BCUT2D eigenvalue weighted by atomic mass is 9.54. The molecule has 7 nitrogen and oxygen atoms in total. The maximum atomic E-state index is 14.5. The molecule has 1 fully saturated rings. The maximum Gasteiger partial charge on any atom is 0.330 e. The van der Waals surface area contributed by atoms with Crippen LogP contribution < -0.4 is 4.74 Å². The molecule has 0 spiro atoms. The largest absolute Gasteiger partial charge is 0.497 e. The van der Waals surface area contributed by atoms with Gasteiger partial charge in [0.05, 0.1) is 18.9 Å². The summed E-state index contributed by atoms with van der Waals surface area (Å²) < 4.78 is 10.7. The number of esters is 1. The van der Waals surface area contributed by atoms with Crippen molar-refractivity contribution in [3.63, 3.8) is 0 Å². The first kappa shape index (κ1) is 29.3. The molecule has 0 unspecified atom stereocenters. The average molecular weight is 641 g/mol. The number of amides is 2. The fraction of sp³-hybridized carbons (Fsp3) is 0.222. The van der Waals surface area contributed by atoms with Gasteiger partial charge in [0.2, 0.25) is 11.8 Å². The van der Waals surface area contributed by atoms with E-state index in [1.165, 1.54) is 7.11 Å². The molecule has 2 bridgehead atoms. The van der Waals surface area contributed by atoms with Gasteiger partial charge in [-0.15, -0.1) is 23.2 Å². The highest BCUT2D eigenvalue weighted by Crippen LogP contribution is 2.69. The monoisotopic (exact) mass is 639 g/mol. The molecular weight excluding hydrogens is 613 g/mol. The molecule has 0 aromatic heterocycles. The first-order chi connectivity index (χ1) is 21.7. The molecule has 0 N–H and O–H groups in total. The van der Waals surface area contributed by atoms with Crippen molar-refractivity contribution in [1.29, 1.82) is 0 Å². The van der Waals surface area contributed by atoms with Crippen molar-refractivity contribution >= 4 is 46.8 Å². The lowest BCUT2D eigenvalue weighted by Gasteiger charge is -2.54. The number of halogens is 2. The summed E-state index contributed by atoms with van der Waals surface area (Å²) in [5.41, 5.74) is 3.68. The summed E-state index contributed by atoms with van der Waals surface area (Å²) in [6.45, 7) is -0.574. The average Bonchev–Trinajstić information content (AvgIpc) is 3.35. The van der Waals surface area contributed by atoms with Crippen molar-refractivity contribution in [2.75, 3.05) is 13.7 Å². The highest BCUT2D eigenvalue weighted by molar-refractivity contribution is 6.36. The molecule has 1 heterocycles. The molecule has 9 heteroatoms. The Morgan fingerprint density at radius 2 is 1.20 bits per heavy atom. The van der Waals surface area contributed by atoms with Crippen molar-refractivity contribution in [3.8, 4) is 5.75 Å². The Balaban J connectivity index is 1.27. The Hall–Kier alpha value is -4.46. The number of rotatable bonds is 8. The smallest absolute Gasteiger partial charge is 0.330 e. The highest BCUT2D eigenvalue weighted by Gasteiger charge is 2.73. The third-order valence-corrected chi connectivity index (χ3v) is 10.5. The third kappa shape index (κ3) is 4.25. The Labute approximate surface area is 269 Å². The van der Waals surface area contributed by atoms with Crippen LogP contribution in [0, 0.1) is 11.8 Å². The summed E-state index contributed by atoms with van der Waals surface area (Å²) in [6.07, 6.45) is -0.0161. The fourth-order valence-corrected chi connectivity index (χ4v) is 8.30. The number of alkyl halides is 2. The molecule has 4 aromatic carbocycles. The van der Waals surface area contributed by atoms with E-state index in [2.05, 4.69) is 0 Å². The van der Waals surface area contributed by atoms with Crippen molar-refractivity contribution < 1.29 is 28.7 Å². The van der Waals surface area contributed by atoms with E-state index in [9.17, 15) is 19.2 Å². The van der Waals surface area contributed by atoms with E-state index < -0.39 is 57.8 Å². The topological polar surface area (TPSA) is 90.0 Å². The predicted octanol–water partition coefficient (Wildman–Crippen LogP) is 5.63. The van der Waals surface area contributed by atoms with Crippen molar-refractivity contribution in [1.82, 2.24) is 4.90 Å². The minimum atomic E-state index is -1.39. The first-order valence-corrected chi connectivity index (χ1v) is 15.3. The van der Waals surface area contributed by atoms with Gasteiger partial charge in [-0.05, 0) is 52.1 Å². The molecule has 45 heavy (non-hydrogen) atoms. The number of carbonyl (C=O) groups excluding carboxylic acids is 4. The Morgan fingerprint density at radius 1 is 0.733 bits per heavy atom. The van der Waals surface area contributed by atoms with E-state index in [1.54, 1.807) is 48.5 Å². The van der Waals surface area contributed by atoms with E-state index in [0.717, 1.165) is 4.90 Å². The summed E-state index contributed by atoms with van der Waals surface area (Å²) in [7, 11) is 1.52. The molecule has 1 aliphatic heterocycles. The van der Waals surface area contributed by atoms with E-state index in [4.69, 9.17) is 32.7 Å². The van der Waals surface area contributed by atoms with Gasteiger partial charge in [0.1, 0.15) is 21.5 Å². The number of hydrogen-bond acceptors (Lipinski definition) is 6. The summed E-state index contributed by atoms with van der Waals surface area (Å²) in [5.74, 6) is -4.09. The van der Waals surface area contributed by atoms with E-state index in [1.807, 2.05) is 54.6 Å². The molecule has 8 rings (SSSR count). The SMILES string of the molecule is COc1ccc(C(=O)COC(=O)[C@H](Cc2ccccc2)N2C(=O)[C@@H]3[C@H](C2=O)C2(Cl)c4ccccc4C3(Cl)c3ccccc32)cc1. The van der Waals surface area contributed by atoms with Crippen LogP contribution in [0.2, 0.25) is 0 Å². The van der Waals surface area contributed by atoms with Crippen LogP contribution in [0.4, 0.5) is 0 Å². The first-order valence-electron chi connectivity index (χ1n) is 14.5. The summed E-state index contributed by atoms with van der Waals surface area (Å²) >= 11 is 15.1. The second-order valence-corrected chi connectivity index (χ2v) is 12.7. The number of hydrogen-bond donors (Lipinski definition) is 0. The van der Waals surface area contributed by atoms with Crippen LogP contribution in [0.1, 0.15) is 38.2 Å². The number of ether oxygens (including phenoxy) is 2. The minimum Gasteiger partial charge on any atom is -0.497 e. The van der Waals surface area contributed by atoms with Gasteiger partial charge >= 0.3 is 5.97 Å². The Morgan fingerprint density at radius 3 is 1.67 bits per heavy atom. The molecular formula is C36H27Cl2NO6. The van der Waals surface area contributed by atoms with Gasteiger partial charge in [-0.2, -0.15) is 0 Å². The highest BCUT2D eigenvalue weighted by atomic mass is 35.5. The number of nitrogens with zero attached hydrogens (tertiary/aromatic N) is 1. The normalized spacial score (nSPS) is 24.8. The number of ketones is 1. The van der Waals surface area contributed by atoms with Gasteiger partial charge in [0, 0.05) is 12.0 Å². The Bertz CT molecular complexity index is 1740. The number of Topliss-reactive ketones (excluding diaryl/α,β-unsaturated/α-hetero) is 1. The van der Waals surface area contributed by atoms with Crippen LogP contribution in [0.15, 0.2) is 103 Å². The van der Waals surface area contributed by atoms with Crippen molar-refractivity contribution in [3.05, 3.63) is 137 Å². The van der Waals surface area contributed by atoms with Crippen molar-refractivity contribution in [2.24, 2.45) is 11.8 Å². The molecule has 2 amide bonds. The zero-order valence-corrected chi connectivity index (χ0v) is 25.6. The van der Waals surface area contributed by atoms with Crippen LogP contribution in [0.3, 0.4) is 0 Å². The molecule has 3 atom stereocenters. The number of likely N-dealkylation sites (tertiary alicyclic amines) is 1.